The van der Waals surface area contributed by atoms with Gasteiger partial charge < -0.3 is 19.0 Å². The maximum atomic E-state index is 13.1. The van der Waals surface area contributed by atoms with E-state index < -0.39 is 34.9 Å². The van der Waals surface area contributed by atoms with E-state index in [0.29, 0.717) is 16.7 Å². The second-order valence-corrected chi connectivity index (χ2v) is 10.1. The minimum atomic E-state index is -1.18. The maximum absolute atomic E-state index is 13.1. The predicted molar refractivity (Wildman–Crippen MR) is 150 cm³/mol. The number of hydrogen-bond acceptors (Lipinski definition) is 8. The number of halogens is 1. The third-order valence-corrected chi connectivity index (χ3v) is 6.50. The van der Waals surface area contributed by atoms with Crippen molar-refractivity contribution < 1.29 is 33.4 Å². The third-order valence-electron chi connectivity index (χ3n) is 5.72. The van der Waals surface area contributed by atoms with E-state index in [9.17, 15) is 14.4 Å². The van der Waals surface area contributed by atoms with Crippen molar-refractivity contribution in [3.63, 3.8) is 0 Å². The minimum absolute atomic E-state index is 0.196. The zero-order valence-corrected chi connectivity index (χ0v) is 23.7. The minimum Gasteiger partial charge on any atom is -0.461 e. The highest BCUT2D eigenvalue weighted by molar-refractivity contribution is 9.09. The topological polar surface area (TPSA) is 100 Å². The van der Waals surface area contributed by atoms with E-state index in [2.05, 4.69) is 21.1 Å². The summed E-state index contributed by atoms with van der Waals surface area (Å²) >= 11 is 3.47. The molecule has 0 heterocycles. The van der Waals surface area contributed by atoms with Gasteiger partial charge in [0, 0.05) is 0 Å². The molecule has 3 aromatic rings. The number of alkyl halides is 1. The van der Waals surface area contributed by atoms with Gasteiger partial charge in [0.15, 0.2) is 12.2 Å². The second kappa shape index (κ2) is 14.2. The number of aryl methyl sites for hydroxylation is 3. The molecule has 204 valence electrons. The normalized spacial score (nSPS) is 13.3. The van der Waals surface area contributed by atoms with Crippen molar-refractivity contribution in [2.45, 2.75) is 37.8 Å². The van der Waals surface area contributed by atoms with Crippen LogP contribution >= 0.6 is 15.9 Å². The predicted octanol–water partition coefficient (Wildman–Crippen LogP) is 5.62. The largest absolute Gasteiger partial charge is 0.461 e. The first-order valence-electron chi connectivity index (χ1n) is 12.2. The van der Waals surface area contributed by atoms with Crippen LogP contribution in [0, 0.1) is 20.8 Å². The van der Waals surface area contributed by atoms with Gasteiger partial charge in [-0.25, -0.2) is 14.4 Å². The molecule has 3 rings (SSSR count). The molecule has 0 amide bonds. The summed E-state index contributed by atoms with van der Waals surface area (Å²) in [6, 6.07) is 20.6. The smallest absolute Gasteiger partial charge is 0.338 e. The van der Waals surface area contributed by atoms with Crippen LogP contribution < -0.4 is 0 Å². The summed E-state index contributed by atoms with van der Waals surface area (Å²) in [4.78, 5) is 42.7. The van der Waals surface area contributed by atoms with Gasteiger partial charge in [-0.3, -0.25) is 0 Å². The molecule has 0 radical (unpaired) electrons. The molecular weight excluding hydrogens is 566 g/mol. The molecule has 0 saturated heterocycles. The molecule has 0 spiro atoms. The molecule has 8 nitrogen and oxygen atoms in total. The van der Waals surface area contributed by atoms with Gasteiger partial charge in [-0.05, 0) is 57.2 Å². The van der Waals surface area contributed by atoms with Crippen molar-refractivity contribution in [3.05, 3.63) is 106 Å². The lowest BCUT2D eigenvalue weighted by Crippen LogP contribution is -2.44. The maximum Gasteiger partial charge on any atom is 0.338 e. The first kappa shape index (κ1) is 29.6. The average Bonchev–Trinajstić information content (AvgIpc) is 2.93. The van der Waals surface area contributed by atoms with Crippen LogP contribution in [0.5, 0.6) is 0 Å². The van der Waals surface area contributed by atoms with Gasteiger partial charge in [-0.2, -0.15) is 0 Å². The lowest BCUT2D eigenvalue weighted by molar-refractivity contribution is -0.0209. The van der Waals surface area contributed by atoms with Gasteiger partial charge in [0.1, 0.15) is 13.7 Å². The van der Waals surface area contributed by atoms with Gasteiger partial charge in [0.25, 0.3) is 0 Å². The Kier molecular flexibility index (Phi) is 10.8. The molecule has 0 aromatic heterocycles. The molecule has 0 N–H and O–H groups in total. The van der Waals surface area contributed by atoms with Gasteiger partial charge in [0.2, 0.25) is 0 Å². The SMILES string of the molecule is CO/N=C/[C@@H](OC(=O)c1ccc(C)cc1)[C@H](OC(=O)c1ccc(C)cc1)[C@@H](Br)COC(=O)c1ccc(C)cc1. The van der Waals surface area contributed by atoms with Crippen LogP contribution in [0.2, 0.25) is 0 Å². The number of hydrogen-bond donors (Lipinski definition) is 0. The molecule has 0 bridgehead atoms. The lowest BCUT2D eigenvalue weighted by atomic mass is 10.1. The summed E-state index contributed by atoms with van der Waals surface area (Å²) in [6.45, 7) is 5.52. The summed E-state index contributed by atoms with van der Waals surface area (Å²) in [5.41, 5.74) is 3.93. The fraction of sp³-hybridized carbons (Fsp3) is 0.267. The number of ether oxygens (including phenoxy) is 3. The first-order valence-corrected chi connectivity index (χ1v) is 13.1. The number of carbonyl (C=O) groups excluding carboxylic acids is 3. The summed E-state index contributed by atoms with van der Waals surface area (Å²) in [5.74, 6) is -1.87. The standard InChI is InChI=1S/C30H30BrNO7/c1-19-5-11-22(12-6-19)28(33)37-18-25(31)27(39-30(35)24-15-9-21(3)10-16-24)26(17-32-36-4)38-29(34)23-13-7-20(2)8-14-23/h5-17,25-27H,18H2,1-4H3/b32-17+/t25-,26+,27+/m0/s1. The Morgan fingerprint density at radius 3 is 1.56 bits per heavy atom. The van der Waals surface area contributed by atoms with Crippen LogP contribution in [0.3, 0.4) is 0 Å². The molecule has 0 unspecified atom stereocenters. The molecular formula is C30H30BrNO7. The van der Waals surface area contributed by atoms with Crippen molar-refractivity contribution in [2.24, 2.45) is 5.16 Å². The summed E-state index contributed by atoms with van der Waals surface area (Å²) in [5, 5.41) is 3.76. The zero-order valence-electron chi connectivity index (χ0n) is 22.1. The molecule has 3 atom stereocenters. The Hall–Kier alpha value is -3.98. The van der Waals surface area contributed by atoms with Crippen molar-refractivity contribution in [1.29, 1.82) is 0 Å². The van der Waals surface area contributed by atoms with Crippen LogP contribution in [0.15, 0.2) is 78.0 Å². The summed E-state index contributed by atoms with van der Waals surface area (Å²) in [7, 11) is 1.33. The lowest BCUT2D eigenvalue weighted by Gasteiger charge is -2.28. The Morgan fingerprint density at radius 2 is 1.13 bits per heavy atom. The molecule has 0 aliphatic carbocycles. The molecule has 0 saturated carbocycles. The number of oxime groups is 1. The highest BCUT2D eigenvalue weighted by atomic mass is 79.9. The number of rotatable bonds is 11. The molecule has 39 heavy (non-hydrogen) atoms. The van der Waals surface area contributed by atoms with Crippen LogP contribution in [0.1, 0.15) is 47.8 Å². The molecule has 0 aliphatic rings. The van der Waals surface area contributed by atoms with Gasteiger partial charge in [0.05, 0.1) is 27.7 Å². The highest BCUT2D eigenvalue weighted by Crippen LogP contribution is 2.21. The van der Waals surface area contributed by atoms with E-state index in [1.54, 1.807) is 72.8 Å². The Labute approximate surface area is 236 Å². The number of carbonyl (C=O) groups is 3. The molecule has 3 aromatic carbocycles. The van der Waals surface area contributed by atoms with Crippen LogP contribution in [-0.2, 0) is 19.0 Å². The van der Waals surface area contributed by atoms with Crippen molar-refractivity contribution >= 4 is 40.1 Å². The van der Waals surface area contributed by atoms with Crippen molar-refractivity contribution in [3.8, 4) is 0 Å². The Bertz CT molecular complexity index is 1290. The van der Waals surface area contributed by atoms with Crippen LogP contribution in [0.25, 0.3) is 0 Å². The van der Waals surface area contributed by atoms with Gasteiger partial charge in [-0.15, -0.1) is 0 Å². The van der Waals surface area contributed by atoms with Crippen LogP contribution in [0.4, 0.5) is 0 Å². The third kappa shape index (κ3) is 8.78. The van der Waals surface area contributed by atoms with Crippen molar-refractivity contribution in [2.75, 3.05) is 13.7 Å². The van der Waals surface area contributed by atoms with E-state index >= 15 is 0 Å². The monoisotopic (exact) mass is 595 g/mol. The zero-order chi connectivity index (χ0) is 28.4. The first-order chi connectivity index (χ1) is 18.7. The van der Waals surface area contributed by atoms with E-state index in [1.807, 2.05) is 20.8 Å². The summed E-state index contributed by atoms with van der Waals surface area (Å²) in [6.07, 6.45) is -1.11. The number of nitrogens with zero attached hydrogens (tertiary/aromatic N) is 1. The fourth-order valence-electron chi connectivity index (χ4n) is 3.44. The fourth-order valence-corrected chi connectivity index (χ4v) is 3.98. The Morgan fingerprint density at radius 1 is 0.718 bits per heavy atom. The second-order valence-electron chi connectivity index (χ2n) is 8.89. The summed E-state index contributed by atoms with van der Waals surface area (Å²) < 4.78 is 17.0. The molecule has 0 fully saturated rings. The highest BCUT2D eigenvalue weighted by Gasteiger charge is 2.35. The van der Waals surface area contributed by atoms with Gasteiger partial charge in [-0.1, -0.05) is 74.2 Å². The quantitative estimate of drug-likeness (QED) is 0.0932. The molecule has 9 heteroatoms. The van der Waals surface area contributed by atoms with E-state index in [0.717, 1.165) is 16.7 Å². The van der Waals surface area contributed by atoms with E-state index in [1.165, 1.54) is 13.3 Å². The van der Waals surface area contributed by atoms with E-state index in [4.69, 9.17) is 19.0 Å². The number of benzene rings is 3. The van der Waals surface area contributed by atoms with Crippen molar-refractivity contribution in [1.82, 2.24) is 0 Å². The number of esters is 3. The average molecular weight is 596 g/mol. The van der Waals surface area contributed by atoms with Crippen LogP contribution in [-0.4, -0.2) is 54.9 Å². The molecule has 0 aliphatic heterocycles. The van der Waals surface area contributed by atoms with Gasteiger partial charge >= 0.3 is 17.9 Å². The Balaban J connectivity index is 1.85. The van der Waals surface area contributed by atoms with E-state index in [-0.39, 0.29) is 6.61 Å².